The van der Waals surface area contributed by atoms with E-state index in [1.807, 2.05) is 25.1 Å². The van der Waals surface area contributed by atoms with E-state index in [0.29, 0.717) is 23.1 Å². The number of aryl methyl sites for hydroxylation is 1. The number of alkyl halides is 2. The summed E-state index contributed by atoms with van der Waals surface area (Å²) in [4.78, 5) is 2.31. The molecule has 1 aliphatic rings. The quantitative estimate of drug-likeness (QED) is 0.369. The average Bonchev–Trinajstić information content (AvgIpc) is 3.12. The molecule has 1 aliphatic heterocycles. The summed E-state index contributed by atoms with van der Waals surface area (Å²) in [5.74, 6) is -1.37. The SMILES string of the molecule is CCC(F)(F)c1cccc(-n2c(C)c[n+]([O-])c2-c2ccc(OC)c(C3CCN(C)CC3)c2)c1. The summed E-state index contributed by atoms with van der Waals surface area (Å²) < 4.78 is 37.0. The summed E-state index contributed by atoms with van der Waals surface area (Å²) in [5, 5.41) is 13.0. The van der Waals surface area contributed by atoms with Gasteiger partial charge in [-0.05, 0) is 74.8 Å². The molecule has 1 saturated heterocycles. The van der Waals surface area contributed by atoms with E-state index in [9.17, 15) is 14.0 Å². The minimum Gasteiger partial charge on any atom is -0.710 e. The smallest absolute Gasteiger partial charge is 0.297 e. The second-order valence-electron chi connectivity index (χ2n) is 8.90. The highest BCUT2D eigenvalue weighted by atomic mass is 19.3. The summed E-state index contributed by atoms with van der Waals surface area (Å²) in [6.07, 6.45) is 3.23. The molecule has 4 rings (SSSR count). The minimum atomic E-state index is -2.92. The lowest BCUT2D eigenvalue weighted by atomic mass is 9.88. The van der Waals surface area contributed by atoms with Gasteiger partial charge in [0.1, 0.15) is 23.3 Å². The number of methoxy groups -OCH3 is 1. The van der Waals surface area contributed by atoms with Crippen molar-refractivity contribution in [2.75, 3.05) is 27.2 Å². The van der Waals surface area contributed by atoms with E-state index in [-0.39, 0.29) is 12.0 Å². The first-order valence-electron chi connectivity index (χ1n) is 11.4. The summed E-state index contributed by atoms with van der Waals surface area (Å²) in [5.41, 5.74) is 2.98. The zero-order valence-corrected chi connectivity index (χ0v) is 19.6. The van der Waals surface area contributed by atoms with Crippen LogP contribution in [0.5, 0.6) is 5.75 Å². The Kier molecular flexibility index (Phi) is 6.43. The lowest BCUT2D eigenvalue weighted by Crippen LogP contribution is -2.29. The molecule has 0 saturated carbocycles. The Balaban J connectivity index is 1.82. The van der Waals surface area contributed by atoms with Crippen molar-refractivity contribution in [2.24, 2.45) is 0 Å². The molecule has 0 radical (unpaired) electrons. The van der Waals surface area contributed by atoms with Gasteiger partial charge in [-0.25, -0.2) is 13.5 Å². The number of hydrogen-bond acceptors (Lipinski definition) is 3. The third-order valence-corrected chi connectivity index (χ3v) is 6.69. The van der Waals surface area contributed by atoms with E-state index in [0.717, 1.165) is 47.5 Å². The summed E-state index contributed by atoms with van der Waals surface area (Å²) in [6, 6.07) is 12.1. The largest absolute Gasteiger partial charge is 0.710 e. The molecular formula is C26H31F2N3O2. The normalized spacial score (nSPS) is 15.7. The summed E-state index contributed by atoms with van der Waals surface area (Å²) in [6.45, 7) is 5.29. The van der Waals surface area contributed by atoms with E-state index in [2.05, 4.69) is 11.9 Å². The number of piperidine rings is 1. The highest BCUT2D eigenvalue weighted by molar-refractivity contribution is 5.61. The monoisotopic (exact) mass is 455 g/mol. The Bertz CT molecular complexity index is 1130. The predicted molar refractivity (Wildman–Crippen MR) is 125 cm³/mol. The van der Waals surface area contributed by atoms with Gasteiger partial charge in [-0.15, -0.1) is 0 Å². The number of ether oxygens (including phenoxy) is 1. The summed E-state index contributed by atoms with van der Waals surface area (Å²) in [7, 11) is 3.78. The summed E-state index contributed by atoms with van der Waals surface area (Å²) >= 11 is 0. The molecule has 2 aromatic carbocycles. The Hall–Kier alpha value is -2.93. The van der Waals surface area contributed by atoms with Crippen molar-refractivity contribution in [3.8, 4) is 22.8 Å². The van der Waals surface area contributed by atoms with Crippen molar-refractivity contribution in [2.45, 2.75) is 45.0 Å². The molecule has 0 spiro atoms. The van der Waals surface area contributed by atoms with Crippen LogP contribution in [-0.2, 0) is 5.92 Å². The third kappa shape index (κ3) is 4.47. The van der Waals surface area contributed by atoms with Crippen LogP contribution >= 0.6 is 0 Å². The van der Waals surface area contributed by atoms with Gasteiger partial charge in [0, 0.05) is 18.9 Å². The maximum absolute atomic E-state index is 14.4. The van der Waals surface area contributed by atoms with Crippen molar-refractivity contribution < 1.29 is 18.2 Å². The molecule has 1 aromatic heterocycles. The third-order valence-electron chi connectivity index (χ3n) is 6.69. The lowest BCUT2D eigenvalue weighted by molar-refractivity contribution is -0.592. The number of likely N-dealkylation sites (tertiary alicyclic amines) is 1. The average molecular weight is 456 g/mol. The van der Waals surface area contributed by atoms with Crippen LogP contribution in [0, 0.1) is 12.1 Å². The van der Waals surface area contributed by atoms with E-state index in [1.54, 1.807) is 23.8 Å². The van der Waals surface area contributed by atoms with Gasteiger partial charge in [0.2, 0.25) is 0 Å². The van der Waals surface area contributed by atoms with Gasteiger partial charge in [0.25, 0.3) is 11.7 Å². The Morgan fingerprint density at radius 1 is 1.15 bits per heavy atom. The Morgan fingerprint density at radius 2 is 1.88 bits per heavy atom. The number of imidazole rings is 1. The van der Waals surface area contributed by atoms with Crippen LogP contribution in [0.4, 0.5) is 8.78 Å². The van der Waals surface area contributed by atoms with Crippen molar-refractivity contribution >= 4 is 0 Å². The molecular weight excluding hydrogens is 424 g/mol. The maximum Gasteiger partial charge on any atom is 0.297 e. The molecule has 0 aliphatic carbocycles. The topological polar surface area (TPSA) is 44.3 Å². The molecule has 0 atom stereocenters. The number of hydrogen-bond donors (Lipinski definition) is 0. The van der Waals surface area contributed by atoms with Gasteiger partial charge in [0.15, 0.2) is 0 Å². The van der Waals surface area contributed by atoms with Crippen molar-refractivity contribution in [3.05, 3.63) is 70.7 Å². The first-order chi connectivity index (χ1) is 15.7. The van der Waals surface area contributed by atoms with Crippen LogP contribution in [0.2, 0.25) is 0 Å². The van der Waals surface area contributed by atoms with Gasteiger partial charge < -0.3 is 14.8 Å². The molecule has 1 fully saturated rings. The fourth-order valence-corrected chi connectivity index (χ4v) is 4.73. The van der Waals surface area contributed by atoms with Crippen LogP contribution in [0.3, 0.4) is 0 Å². The molecule has 33 heavy (non-hydrogen) atoms. The number of aromatic nitrogens is 2. The molecule has 0 N–H and O–H groups in total. The van der Waals surface area contributed by atoms with Gasteiger partial charge >= 0.3 is 0 Å². The predicted octanol–water partition coefficient (Wildman–Crippen LogP) is 5.41. The number of rotatable bonds is 6. The van der Waals surface area contributed by atoms with Gasteiger partial charge in [-0.3, -0.25) is 0 Å². The van der Waals surface area contributed by atoms with E-state index in [1.165, 1.54) is 25.3 Å². The fourth-order valence-electron chi connectivity index (χ4n) is 4.73. The van der Waals surface area contributed by atoms with Crippen LogP contribution in [0.25, 0.3) is 17.1 Å². The number of benzene rings is 2. The van der Waals surface area contributed by atoms with E-state index >= 15 is 0 Å². The van der Waals surface area contributed by atoms with E-state index < -0.39 is 5.92 Å². The maximum atomic E-state index is 14.4. The molecule has 5 nitrogen and oxygen atoms in total. The van der Waals surface area contributed by atoms with Gasteiger partial charge in [-0.2, -0.15) is 4.57 Å². The Morgan fingerprint density at radius 3 is 2.55 bits per heavy atom. The molecule has 3 aromatic rings. The van der Waals surface area contributed by atoms with E-state index in [4.69, 9.17) is 4.74 Å². The molecule has 176 valence electrons. The number of nitrogens with zero attached hydrogens (tertiary/aromatic N) is 3. The molecule has 7 heteroatoms. The molecule has 0 unspecified atom stereocenters. The zero-order valence-electron chi connectivity index (χ0n) is 19.6. The highest BCUT2D eigenvalue weighted by Crippen LogP contribution is 2.38. The van der Waals surface area contributed by atoms with Gasteiger partial charge in [-0.1, -0.05) is 19.1 Å². The Labute approximate surface area is 193 Å². The molecule has 0 bridgehead atoms. The standard InChI is InChI=1S/C26H31F2N3O2/c1-5-26(27,28)21-7-6-8-22(16-21)31-18(2)17-30(32)25(31)20-9-10-24(33-4)23(15-20)19-11-13-29(3)14-12-19/h6-10,15-17,19H,5,11-14H2,1-4H3. The number of halogens is 2. The van der Waals surface area contributed by atoms with Crippen LogP contribution in [0.1, 0.15) is 48.9 Å². The second-order valence-corrected chi connectivity index (χ2v) is 8.90. The second kappa shape index (κ2) is 9.14. The van der Waals surface area contributed by atoms with Crippen LogP contribution < -0.4 is 9.47 Å². The fraction of sp³-hybridized carbons (Fsp3) is 0.423. The molecule has 2 heterocycles. The minimum absolute atomic E-state index is 0.0549. The first-order valence-corrected chi connectivity index (χ1v) is 11.4. The first kappa shape index (κ1) is 23.2. The van der Waals surface area contributed by atoms with Crippen molar-refractivity contribution in [3.63, 3.8) is 0 Å². The molecule has 0 amide bonds. The lowest BCUT2D eigenvalue weighted by Gasteiger charge is -2.30. The van der Waals surface area contributed by atoms with Crippen LogP contribution in [0.15, 0.2) is 48.7 Å². The van der Waals surface area contributed by atoms with Crippen LogP contribution in [-0.4, -0.2) is 36.7 Å². The van der Waals surface area contributed by atoms with Crippen molar-refractivity contribution in [1.29, 1.82) is 0 Å². The highest BCUT2D eigenvalue weighted by Gasteiger charge is 2.31. The van der Waals surface area contributed by atoms with Crippen molar-refractivity contribution in [1.82, 2.24) is 9.47 Å². The van der Waals surface area contributed by atoms with Gasteiger partial charge in [0.05, 0.1) is 12.7 Å². The zero-order chi connectivity index (χ0) is 23.8.